The number of nitrogens with one attached hydrogen (secondary N) is 1. The second-order valence-corrected chi connectivity index (χ2v) is 12.6. The van der Waals surface area contributed by atoms with E-state index in [0.29, 0.717) is 18.3 Å². The van der Waals surface area contributed by atoms with Gasteiger partial charge in [0.05, 0.1) is 12.6 Å². The molecule has 202 valence electrons. The number of nitrogens with zero attached hydrogens (tertiary/aromatic N) is 3. The number of fused-ring (bicyclic) bond motifs is 1. The lowest BCUT2D eigenvalue weighted by Crippen LogP contribution is -2.45. The first-order chi connectivity index (χ1) is 18.0. The Kier molecular flexibility index (Phi) is 7.07. The number of hydrogen-bond donors (Lipinski definition) is 1. The van der Waals surface area contributed by atoms with Gasteiger partial charge in [-0.05, 0) is 69.3 Å². The summed E-state index contributed by atoms with van der Waals surface area (Å²) < 4.78 is 11.8. The van der Waals surface area contributed by atoms with Gasteiger partial charge in [-0.2, -0.15) is 4.98 Å². The molecule has 7 nitrogen and oxygen atoms in total. The summed E-state index contributed by atoms with van der Waals surface area (Å²) in [7, 11) is 0. The second kappa shape index (κ2) is 10.2. The number of benzene rings is 2. The summed E-state index contributed by atoms with van der Waals surface area (Å²) in [5.41, 5.74) is 4.24. The van der Waals surface area contributed by atoms with Crippen molar-refractivity contribution in [2.75, 3.05) is 13.1 Å². The van der Waals surface area contributed by atoms with Crippen LogP contribution in [-0.2, 0) is 16.8 Å². The van der Waals surface area contributed by atoms with E-state index in [9.17, 15) is 4.79 Å². The van der Waals surface area contributed by atoms with Crippen LogP contribution in [0.4, 0.5) is 0 Å². The topological polar surface area (TPSA) is 80.5 Å². The van der Waals surface area contributed by atoms with Gasteiger partial charge in [0.25, 0.3) is 0 Å². The third-order valence-corrected chi connectivity index (χ3v) is 7.74. The summed E-state index contributed by atoms with van der Waals surface area (Å²) in [6.07, 6.45) is 2.38. The van der Waals surface area contributed by atoms with Gasteiger partial charge in [-0.15, -0.1) is 0 Å². The van der Waals surface area contributed by atoms with Gasteiger partial charge in [0.2, 0.25) is 17.6 Å². The first-order valence-electron chi connectivity index (χ1n) is 13.7. The summed E-state index contributed by atoms with van der Waals surface area (Å²) in [6, 6.07) is 14.6. The molecule has 38 heavy (non-hydrogen) atoms. The van der Waals surface area contributed by atoms with Crippen molar-refractivity contribution < 1.29 is 14.1 Å². The molecule has 1 amide bonds. The SMILES string of the molecule is Cc1ccc2c(c1)OC(C)(C)CC2NC(=O)C1CCN(Cc2nc(-c3ccc(C(C)(C)C)cc3)no2)CC1. The quantitative estimate of drug-likeness (QED) is 0.450. The maximum Gasteiger partial charge on any atom is 0.241 e. The van der Waals surface area contributed by atoms with E-state index in [1.54, 1.807) is 0 Å². The van der Waals surface area contributed by atoms with Crippen LogP contribution in [0.3, 0.4) is 0 Å². The summed E-state index contributed by atoms with van der Waals surface area (Å²) >= 11 is 0. The Morgan fingerprint density at radius 3 is 2.50 bits per heavy atom. The van der Waals surface area contributed by atoms with Crippen molar-refractivity contribution in [2.45, 2.75) is 84.4 Å². The van der Waals surface area contributed by atoms with Crippen LogP contribution in [0.5, 0.6) is 5.75 Å². The largest absolute Gasteiger partial charge is 0.487 e. The molecule has 0 aliphatic carbocycles. The Balaban J connectivity index is 1.15. The zero-order valence-corrected chi connectivity index (χ0v) is 23.5. The lowest BCUT2D eigenvalue weighted by atomic mass is 9.87. The molecule has 5 rings (SSSR count). The van der Waals surface area contributed by atoms with Crippen LogP contribution in [-0.4, -0.2) is 39.6 Å². The number of rotatable bonds is 5. The van der Waals surface area contributed by atoms with E-state index in [0.717, 1.165) is 54.8 Å². The lowest BCUT2D eigenvalue weighted by Gasteiger charge is -2.39. The number of amides is 1. The van der Waals surface area contributed by atoms with Gasteiger partial charge in [0.15, 0.2) is 0 Å². The molecular weight excluding hydrogens is 476 g/mol. The Bertz CT molecular complexity index is 1280. The molecule has 0 spiro atoms. The molecule has 1 atom stereocenters. The highest BCUT2D eigenvalue weighted by atomic mass is 16.5. The third kappa shape index (κ3) is 5.93. The molecule has 0 bridgehead atoms. The predicted molar refractivity (Wildman–Crippen MR) is 148 cm³/mol. The van der Waals surface area contributed by atoms with Crippen LogP contribution >= 0.6 is 0 Å². The van der Waals surface area contributed by atoms with E-state index in [4.69, 9.17) is 9.26 Å². The summed E-state index contributed by atoms with van der Waals surface area (Å²) in [6.45, 7) is 15.1. The molecule has 2 aliphatic rings. The van der Waals surface area contributed by atoms with Crippen molar-refractivity contribution in [1.29, 1.82) is 0 Å². The van der Waals surface area contributed by atoms with Crippen molar-refractivity contribution in [3.8, 4) is 17.1 Å². The molecular formula is C31H40N4O3. The minimum atomic E-state index is -0.320. The van der Waals surface area contributed by atoms with Crippen LogP contribution in [0.2, 0.25) is 0 Å². The predicted octanol–water partition coefficient (Wildman–Crippen LogP) is 5.97. The minimum absolute atomic E-state index is 0.00526. The number of carbonyl (C=O) groups excluding carboxylic acids is 1. The maximum absolute atomic E-state index is 13.3. The van der Waals surface area contributed by atoms with Gasteiger partial charge in [0, 0.05) is 23.5 Å². The summed E-state index contributed by atoms with van der Waals surface area (Å²) in [5.74, 6) is 2.25. The van der Waals surface area contributed by atoms with Crippen molar-refractivity contribution in [2.24, 2.45) is 5.92 Å². The molecule has 1 aromatic heterocycles. The highest BCUT2D eigenvalue weighted by Crippen LogP contribution is 2.40. The molecule has 2 aliphatic heterocycles. The average molecular weight is 517 g/mol. The molecule has 2 aromatic carbocycles. The highest BCUT2D eigenvalue weighted by Gasteiger charge is 2.36. The fraction of sp³-hybridized carbons (Fsp3) is 0.516. The van der Waals surface area contributed by atoms with Crippen molar-refractivity contribution in [1.82, 2.24) is 20.4 Å². The van der Waals surface area contributed by atoms with Crippen molar-refractivity contribution in [3.05, 3.63) is 65.0 Å². The molecule has 1 N–H and O–H groups in total. The van der Waals surface area contributed by atoms with Crippen LogP contribution < -0.4 is 10.1 Å². The minimum Gasteiger partial charge on any atom is -0.487 e. The normalized spacial score (nSPS) is 20.0. The Labute approximate surface area is 226 Å². The smallest absolute Gasteiger partial charge is 0.241 e. The first-order valence-corrected chi connectivity index (χ1v) is 13.7. The van der Waals surface area contributed by atoms with Crippen LogP contribution in [0.15, 0.2) is 47.0 Å². The number of carbonyl (C=O) groups is 1. The van der Waals surface area contributed by atoms with Gasteiger partial charge in [-0.25, -0.2) is 0 Å². The van der Waals surface area contributed by atoms with Gasteiger partial charge < -0.3 is 14.6 Å². The summed E-state index contributed by atoms with van der Waals surface area (Å²) in [4.78, 5) is 20.2. The number of hydrogen-bond acceptors (Lipinski definition) is 6. The van der Waals surface area contributed by atoms with Crippen LogP contribution in [0.25, 0.3) is 11.4 Å². The van der Waals surface area contributed by atoms with Gasteiger partial charge in [0.1, 0.15) is 11.4 Å². The van der Waals surface area contributed by atoms with Crippen LogP contribution in [0, 0.1) is 12.8 Å². The van der Waals surface area contributed by atoms with Crippen LogP contribution in [0.1, 0.15) is 82.5 Å². The van der Waals surface area contributed by atoms with E-state index >= 15 is 0 Å². The molecule has 3 aromatic rings. The van der Waals surface area contributed by atoms with E-state index in [1.165, 1.54) is 5.56 Å². The number of piperidine rings is 1. The Morgan fingerprint density at radius 1 is 1.11 bits per heavy atom. The molecule has 1 saturated heterocycles. The van der Waals surface area contributed by atoms with Gasteiger partial charge >= 0.3 is 0 Å². The molecule has 1 fully saturated rings. The maximum atomic E-state index is 13.3. The number of likely N-dealkylation sites (tertiary alicyclic amines) is 1. The van der Waals surface area contributed by atoms with E-state index in [2.05, 4.69) is 104 Å². The average Bonchev–Trinajstić information content (AvgIpc) is 3.31. The van der Waals surface area contributed by atoms with Crippen molar-refractivity contribution >= 4 is 5.91 Å². The van der Waals surface area contributed by atoms with E-state index in [1.807, 2.05) is 0 Å². The fourth-order valence-corrected chi connectivity index (χ4v) is 5.48. The highest BCUT2D eigenvalue weighted by molar-refractivity contribution is 5.79. The Hall–Kier alpha value is -3.19. The fourth-order valence-electron chi connectivity index (χ4n) is 5.48. The monoisotopic (exact) mass is 516 g/mol. The second-order valence-electron chi connectivity index (χ2n) is 12.6. The van der Waals surface area contributed by atoms with Gasteiger partial charge in [-0.1, -0.05) is 62.3 Å². The van der Waals surface area contributed by atoms with Crippen molar-refractivity contribution in [3.63, 3.8) is 0 Å². The molecule has 0 saturated carbocycles. The Morgan fingerprint density at radius 2 is 1.82 bits per heavy atom. The third-order valence-electron chi connectivity index (χ3n) is 7.74. The zero-order chi connectivity index (χ0) is 27.1. The number of aryl methyl sites for hydroxylation is 1. The first kappa shape index (κ1) is 26.4. The molecule has 0 radical (unpaired) electrons. The van der Waals surface area contributed by atoms with E-state index in [-0.39, 0.29) is 28.9 Å². The zero-order valence-electron chi connectivity index (χ0n) is 23.5. The van der Waals surface area contributed by atoms with E-state index < -0.39 is 0 Å². The molecule has 3 heterocycles. The molecule has 7 heteroatoms. The van der Waals surface area contributed by atoms with Gasteiger partial charge in [-0.3, -0.25) is 9.69 Å². The lowest BCUT2D eigenvalue weighted by molar-refractivity contribution is -0.127. The molecule has 1 unspecified atom stereocenters. The number of ether oxygens (including phenoxy) is 1. The number of aromatic nitrogens is 2. The summed E-state index contributed by atoms with van der Waals surface area (Å²) in [5, 5.41) is 7.54. The standard InChI is InChI=1S/C31H40N4O3/c1-20-7-12-24-25(18-31(5,6)37-26(24)17-20)32-29(36)22-13-15-35(16-14-22)19-27-33-28(34-38-27)21-8-10-23(11-9-21)30(2,3)4/h7-12,17,22,25H,13-16,18-19H2,1-6H3,(H,32,36).